The van der Waals surface area contributed by atoms with Crippen LogP contribution in [-0.4, -0.2) is 22.7 Å². The zero-order valence-corrected chi connectivity index (χ0v) is 10.5. The summed E-state index contributed by atoms with van der Waals surface area (Å²) in [6, 6.07) is 9.20. The molecule has 1 aromatic carbocycles. The van der Waals surface area contributed by atoms with Gasteiger partial charge in [0.1, 0.15) is 0 Å². The molecule has 2 aromatic rings. The number of hydrogen-bond acceptors (Lipinski definition) is 3. The molecule has 0 atom stereocenters. The number of amides is 1. The number of aromatic nitrogens is 2. The van der Waals surface area contributed by atoms with Gasteiger partial charge in [-0.05, 0) is 30.3 Å². The minimum Gasteiger partial charge on any atom is -0.388 e. The Labute approximate surface area is 106 Å². The topological polar surface area (TPSA) is 59.0 Å². The summed E-state index contributed by atoms with van der Waals surface area (Å²) in [6.45, 7) is 0.438. The Kier molecular flexibility index (Phi) is 3.62. The summed E-state index contributed by atoms with van der Waals surface area (Å²) in [4.78, 5) is 11.9. The molecule has 0 bridgehead atoms. The van der Waals surface area contributed by atoms with Gasteiger partial charge in [-0.2, -0.15) is 5.10 Å². The number of benzene rings is 1. The highest BCUT2D eigenvalue weighted by molar-refractivity contribution is 5.94. The molecule has 5 nitrogen and oxygen atoms in total. The van der Waals surface area contributed by atoms with Crippen molar-refractivity contribution >= 4 is 11.6 Å². The average molecular weight is 244 g/mol. The second-order valence-electron chi connectivity index (χ2n) is 3.99. The van der Waals surface area contributed by atoms with Crippen LogP contribution in [0.4, 0.5) is 5.69 Å². The van der Waals surface area contributed by atoms with Crippen LogP contribution < -0.4 is 10.6 Å². The maximum Gasteiger partial charge on any atom is 0.251 e. The molecule has 2 rings (SSSR count). The highest BCUT2D eigenvalue weighted by atomic mass is 16.1. The SMILES string of the molecule is CNc1ccc(C(=O)NCc2ccn(C)n2)cc1. The second kappa shape index (κ2) is 5.35. The largest absolute Gasteiger partial charge is 0.388 e. The molecule has 1 aromatic heterocycles. The first kappa shape index (κ1) is 12.2. The maximum atomic E-state index is 11.9. The fourth-order valence-electron chi connectivity index (χ4n) is 1.62. The van der Waals surface area contributed by atoms with E-state index in [1.165, 1.54) is 0 Å². The Hall–Kier alpha value is -2.30. The third-order valence-corrected chi connectivity index (χ3v) is 2.63. The first-order valence-electron chi connectivity index (χ1n) is 5.73. The maximum absolute atomic E-state index is 11.9. The van der Waals surface area contributed by atoms with Gasteiger partial charge in [0.05, 0.1) is 12.2 Å². The van der Waals surface area contributed by atoms with Crippen LogP contribution in [0.15, 0.2) is 36.5 Å². The second-order valence-corrected chi connectivity index (χ2v) is 3.99. The van der Waals surface area contributed by atoms with Gasteiger partial charge >= 0.3 is 0 Å². The van der Waals surface area contributed by atoms with Gasteiger partial charge in [0.25, 0.3) is 5.91 Å². The molecule has 94 valence electrons. The monoisotopic (exact) mass is 244 g/mol. The van der Waals surface area contributed by atoms with Crippen LogP contribution in [0.1, 0.15) is 16.1 Å². The Morgan fingerprint density at radius 1 is 1.28 bits per heavy atom. The summed E-state index contributed by atoms with van der Waals surface area (Å²) >= 11 is 0. The Bertz CT molecular complexity index is 530. The average Bonchev–Trinajstić information content (AvgIpc) is 2.82. The van der Waals surface area contributed by atoms with E-state index in [9.17, 15) is 4.79 Å². The van der Waals surface area contributed by atoms with Gasteiger partial charge in [-0.25, -0.2) is 0 Å². The number of anilines is 1. The van der Waals surface area contributed by atoms with Gasteiger partial charge in [0.15, 0.2) is 0 Å². The van der Waals surface area contributed by atoms with Crippen LogP contribution in [0.3, 0.4) is 0 Å². The highest BCUT2D eigenvalue weighted by Gasteiger charge is 2.05. The molecule has 0 saturated carbocycles. The van der Waals surface area contributed by atoms with E-state index in [2.05, 4.69) is 15.7 Å². The third-order valence-electron chi connectivity index (χ3n) is 2.63. The predicted molar refractivity (Wildman–Crippen MR) is 70.4 cm³/mol. The molecule has 0 spiro atoms. The Balaban J connectivity index is 1.94. The molecule has 18 heavy (non-hydrogen) atoms. The molecule has 1 heterocycles. The lowest BCUT2D eigenvalue weighted by atomic mass is 10.2. The van der Waals surface area contributed by atoms with Crippen molar-refractivity contribution in [1.29, 1.82) is 0 Å². The number of carbonyl (C=O) groups is 1. The number of nitrogens with one attached hydrogen (secondary N) is 2. The lowest BCUT2D eigenvalue weighted by molar-refractivity contribution is 0.0950. The lowest BCUT2D eigenvalue weighted by Gasteiger charge is -2.04. The van der Waals surface area contributed by atoms with Crippen molar-refractivity contribution in [3.05, 3.63) is 47.8 Å². The van der Waals surface area contributed by atoms with Crippen LogP contribution in [0.2, 0.25) is 0 Å². The molecule has 5 heteroatoms. The van der Waals surface area contributed by atoms with Crippen molar-refractivity contribution in [2.24, 2.45) is 7.05 Å². The molecule has 1 amide bonds. The van der Waals surface area contributed by atoms with E-state index in [-0.39, 0.29) is 5.91 Å². The molecule has 0 aliphatic heterocycles. The van der Waals surface area contributed by atoms with Gasteiger partial charge in [0.2, 0.25) is 0 Å². The first-order valence-corrected chi connectivity index (χ1v) is 5.73. The summed E-state index contributed by atoms with van der Waals surface area (Å²) in [7, 11) is 3.69. The Morgan fingerprint density at radius 2 is 2.00 bits per heavy atom. The first-order chi connectivity index (χ1) is 8.69. The minimum absolute atomic E-state index is 0.0942. The van der Waals surface area contributed by atoms with Crippen molar-refractivity contribution < 1.29 is 4.79 Å². The van der Waals surface area contributed by atoms with Gasteiger partial charge in [0, 0.05) is 31.5 Å². The zero-order valence-electron chi connectivity index (χ0n) is 10.5. The molecule has 0 aliphatic carbocycles. The van der Waals surface area contributed by atoms with Crippen molar-refractivity contribution in [3.8, 4) is 0 Å². The van der Waals surface area contributed by atoms with E-state index in [1.54, 1.807) is 16.8 Å². The van der Waals surface area contributed by atoms with E-state index in [4.69, 9.17) is 0 Å². The van der Waals surface area contributed by atoms with Crippen LogP contribution >= 0.6 is 0 Å². The number of carbonyl (C=O) groups excluding carboxylic acids is 1. The standard InChI is InChI=1S/C13H16N4O/c1-14-11-5-3-10(4-6-11)13(18)15-9-12-7-8-17(2)16-12/h3-8,14H,9H2,1-2H3,(H,15,18). The van der Waals surface area contributed by atoms with Crippen molar-refractivity contribution in [2.75, 3.05) is 12.4 Å². The number of aryl methyl sites for hydroxylation is 1. The summed E-state index contributed by atoms with van der Waals surface area (Å²) < 4.78 is 1.71. The number of nitrogens with zero attached hydrogens (tertiary/aromatic N) is 2. The summed E-state index contributed by atoms with van der Waals surface area (Å²) in [6.07, 6.45) is 1.85. The van der Waals surface area contributed by atoms with E-state index < -0.39 is 0 Å². The van der Waals surface area contributed by atoms with Gasteiger partial charge in [-0.1, -0.05) is 0 Å². The van der Waals surface area contributed by atoms with Gasteiger partial charge in [-0.3, -0.25) is 9.48 Å². The smallest absolute Gasteiger partial charge is 0.251 e. The van der Waals surface area contributed by atoms with E-state index >= 15 is 0 Å². The van der Waals surface area contributed by atoms with Crippen molar-refractivity contribution in [3.63, 3.8) is 0 Å². The van der Waals surface area contributed by atoms with Crippen LogP contribution in [0.25, 0.3) is 0 Å². The van der Waals surface area contributed by atoms with E-state index in [0.717, 1.165) is 11.4 Å². The van der Waals surface area contributed by atoms with Crippen LogP contribution in [-0.2, 0) is 13.6 Å². The lowest BCUT2D eigenvalue weighted by Crippen LogP contribution is -2.23. The third kappa shape index (κ3) is 2.88. The fourth-order valence-corrected chi connectivity index (χ4v) is 1.62. The molecular weight excluding hydrogens is 228 g/mol. The van der Waals surface area contributed by atoms with Gasteiger partial charge in [-0.15, -0.1) is 0 Å². The normalized spacial score (nSPS) is 10.1. The summed E-state index contributed by atoms with van der Waals surface area (Å²) in [5, 5.41) is 10.0. The number of hydrogen-bond donors (Lipinski definition) is 2. The quantitative estimate of drug-likeness (QED) is 0.854. The van der Waals surface area contributed by atoms with Crippen molar-refractivity contribution in [1.82, 2.24) is 15.1 Å². The zero-order chi connectivity index (χ0) is 13.0. The number of rotatable bonds is 4. The van der Waals surface area contributed by atoms with Crippen LogP contribution in [0, 0.1) is 0 Å². The molecule has 0 radical (unpaired) electrons. The fraction of sp³-hybridized carbons (Fsp3) is 0.231. The summed E-state index contributed by atoms with van der Waals surface area (Å²) in [5.41, 5.74) is 2.47. The molecule has 0 fully saturated rings. The molecular formula is C13H16N4O. The minimum atomic E-state index is -0.0942. The van der Waals surface area contributed by atoms with Crippen LogP contribution in [0.5, 0.6) is 0 Å². The molecule has 2 N–H and O–H groups in total. The van der Waals surface area contributed by atoms with Crippen molar-refractivity contribution in [2.45, 2.75) is 6.54 Å². The molecule has 0 aliphatic rings. The summed E-state index contributed by atoms with van der Waals surface area (Å²) in [5.74, 6) is -0.0942. The Morgan fingerprint density at radius 3 is 2.56 bits per heavy atom. The van der Waals surface area contributed by atoms with Gasteiger partial charge < -0.3 is 10.6 Å². The molecule has 0 unspecified atom stereocenters. The van der Waals surface area contributed by atoms with E-state index in [0.29, 0.717) is 12.1 Å². The van der Waals surface area contributed by atoms with E-state index in [1.807, 2.05) is 38.5 Å². The predicted octanol–water partition coefficient (Wildman–Crippen LogP) is 1.39. The highest BCUT2D eigenvalue weighted by Crippen LogP contribution is 2.08. The molecule has 0 saturated heterocycles.